The minimum absolute atomic E-state index is 0.0500. The Balaban J connectivity index is 1.58. The Morgan fingerprint density at radius 2 is 1.85 bits per heavy atom. The van der Waals surface area contributed by atoms with Gasteiger partial charge in [-0.25, -0.2) is 9.78 Å². The highest BCUT2D eigenvalue weighted by Crippen LogP contribution is 2.24. The van der Waals surface area contributed by atoms with Crippen LogP contribution in [0, 0.1) is 0 Å². The number of carbonyl (C=O) groups is 1. The summed E-state index contributed by atoms with van der Waals surface area (Å²) in [6, 6.07) is 18.3. The van der Waals surface area contributed by atoms with Gasteiger partial charge >= 0.3 is 5.97 Å². The molecule has 26 heavy (non-hydrogen) atoms. The molecule has 2 heterocycles. The molecule has 0 atom stereocenters. The van der Waals surface area contributed by atoms with Gasteiger partial charge in [-0.2, -0.15) is 0 Å². The summed E-state index contributed by atoms with van der Waals surface area (Å²) in [6.45, 7) is -0.0500. The second-order valence-corrected chi connectivity index (χ2v) is 6.50. The Kier molecular flexibility index (Phi) is 4.33. The zero-order valence-electron chi connectivity index (χ0n) is 13.7. The number of hydrogen-bond donors (Lipinski definition) is 0. The third kappa shape index (κ3) is 3.14. The number of fused-ring (bicyclic) bond motifs is 1. The van der Waals surface area contributed by atoms with Gasteiger partial charge in [0.2, 0.25) is 0 Å². The molecule has 0 bridgehead atoms. The summed E-state index contributed by atoms with van der Waals surface area (Å²) in [5, 5.41) is 1.79. The first kappa shape index (κ1) is 16.2. The van der Waals surface area contributed by atoms with E-state index in [9.17, 15) is 9.59 Å². The van der Waals surface area contributed by atoms with Gasteiger partial charge in [0.25, 0.3) is 5.56 Å². The maximum atomic E-state index is 12.6. The molecule has 5 nitrogen and oxygen atoms in total. The smallest absolute Gasteiger partial charge is 0.339 e. The number of ether oxygens (including phenoxy) is 1. The van der Waals surface area contributed by atoms with Gasteiger partial charge in [-0.15, -0.1) is 11.3 Å². The molecule has 0 spiro atoms. The Labute approximate surface area is 153 Å². The van der Waals surface area contributed by atoms with Crippen LogP contribution in [0.1, 0.15) is 16.1 Å². The van der Waals surface area contributed by atoms with Gasteiger partial charge in [0.15, 0.2) is 4.96 Å². The fourth-order valence-electron chi connectivity index (χ4n) is 2.71. The van der Waals surface area contributed by atoms with E-state index in [4.69, 9.17) is 4.74 Å². The van der Waals surface area contributed by atoms with Crippen LogP contribution in [-0.2, 0) is 11.3 Å². The first-order chi connectivity index (χ1) is 12.7. The van der Waals surface area contributed by atoms with Crippen LogP contribution in [0.2, 0.25) is 0 Å². The van der Waals surface area contributed by atoms with Crippen molar-refractivity contribution in [2.24, 2.45) is 0 Å². The molecular formula is C20H14N2O3S. The molecule has 0 fully saturated rings. The SMILES string of the molecule is O=C(OCc1cc(=O)n2ccsc2n1)c1ccccc1-c1ccccc1. The van der Waals surface area contributed by atoms with Crippen molar-refractivity contribution in [3.63, 3.8) is 0 Å². The van der Waals surface area contributed by atoms with Gasteiger partial charge in [-0.1, -0.05) is 48.5 Å². The monoisotopic (exact) mass is 362 g/mol. The van der Waals surface area contributed by atoms with Crippen LogP contribution < -0.4 is 5.56 Å². The molecule has 0 aliphatic rings. The zero-order valence-corrected chi connectivity index (χ0v) is 14.5. The summed E-state index contributed by atoms with van der Waals surface area (Å²) >= 11 is 1.36. The molecule has 0 saturated carbocycles. The molecule has 0 radical (unpaired) electrons. The van der Waals surface area contributed by atoms with E-state index in [1.165, 1.54) is 21.8 Å². The molecule has 4 aromatic rings. The van der Waals surface area contributed by atoms with Crippen LogP contribution in [0.25, 0.3) is 16.1 Å². The van der Waals surface area contributed by atoms with Gasteiger partial charge in [-0.3, -0.25) is 9.20 Å². The van der Waals surface area contributed by atoms with E-state index in [-0.39, 0.29) is 12.2 Å². The summed E-state index contributed by atoms with van der Waals surface area (Å²) in [7, 11) is 0. The van der Waals surface area contributed by atoms with E-state index in [0.717, 1.165) is 11.1 Å². The summed E-state index contributed by atoms with van der Waals surface area (Å²) < 4.78 is 6.87. The molecule has 0 saturated heterocycles. The Morgan fingerprint density at radius 1 is 1.08 bits per heavy atom. The summed E-state index contributed by atoms with van der Waals surface area (Å²) in [6.07, 6.45) is 1.67. The van der Waals surface area contributed by atoms with Gasteiger partial charge in [0.05, 0.1) is 11.3 Å². The van der Waals surface area contributed by atoms with E-state index < -0.39 is 5.97 Å². The number of rotatable bonds is 4. The largest absolute Gasteiger partial charge is 0.456 e. The molecule has 4 rings (SSSR count). The van der Waals surface area contributed by atoms with Crippen LogP contribution >= 0.6 is 11.3 Å². The zero-order chi connectivity index (χ0) is 17.9. The van der Waals surface area contributed by atoms with Crippen LogP contribution in [0.15, 0.2) is 77.0 Å². The number of nitrogens with zero attached hydrogens (tertiary/aromatic N) is 2. The van der Waals surface area contributed by atoms with E-state index in [1.807, 2.05) is 42.5 Å². The van der Waals surface area contributed by atoms with E-state index in [0.29, 0.717) is 16.2 Å². The fourth-order valence-corrected chi connectivity index (χ4v) is 3.45. The molecular weight excluding hydrogens is 348 g/mol. The second-order valence-electron chi connectivity index (χ2n) is 5.63. The average molecular weight is 362 g/mol. The van der Waals surface area contributed by atoms with Crippen molar-refractivity contribution in [3.05, 3.63) is 93.9 Å². The van der Waals surface area contributed by atoms with E-state index in [1.54, 1.807) is 23.7 Å². The molecule has 128 valence electrons. The lowest BCUT2D eigenvalue weighted by Crippen LogP contribution is -2.15. The summed E-state index contributed by atoms with van der Waals surface area (Å²) in [5.74, 6) is -0.447. The second kappa shape index (κ2) is 6.93. The van der Waals surface area contributed by atoms with E-state index >= 15 is 0 Å². The van der Waals surface area contributed by atoms with Crippen molar-refractivity contribution in [1.29, 1.82) is 0 Å². The predicted octanol–water partition coefficient (Wildman–Crippen LogP) is 3.78. The van der Waals surface area contributed by atoms with Crippen LogP contribution in [0.3, 0.4) is 0 Å². The lowest BCUT2D eigenvalue weighted by atomic mass is 10.00. The first-order valence-electron chi connectivity index (χ1n) is 8.00. The Morgan fingerprint density at radius 3 is 2.69 bits per heavy atom. The molecule has 0 aliphatic heterocycles. The number of hydrogen-bond acceptors (Lipinski definition) is 5. The van der Waals surface area contributed by atoms with Gasteiger partial charge in [0, 0.05) is 17.6 Å². The highest BCUT2D eigenvalue weighted by Gasteiger charge is 2.14. The minimum Gasteiger partial charge on any atom is -0.456 e. The van der Waals surface area contributed by atoms with Crippen molar-refractivity contribution in [2.45, 2.75) is 6.61 Å². The van der Waals surface area contributed by atoms with Crippen molar-refractivity contribution in [3.8, 4) is 11.1 Å². The predicted molar refractivity (Wildman–Crippen MR) is 100 cm³/mol. The number of thiazole rings is 1. The molecule has 2 aromatic heterocycles. The Hall–Kier alpha value is -3.25. The fraction of sp³-hybridized carbons (Fsp3) is 0.0500. The maximum absolute atomic E-state index is 12.6. The van der Waals surface area contributed by atoms with Crippen LogP contribution in [0.5, 0.6) is 0 Å². The summed E-state index contributed by atoms with van der Waals surface area (Å²) in [5.41, 5.74) is 2.47. The molecule has 0 unspecified atom stereocenters. The molecule has 0 amide bonds. The first-order valence-corrected chi connectivity index (χ1v) is 8.88. The summed E-state index contributed by atoms with van der Waals surface area (Å²) in [4.78, 5) is 29.5. The highest BCUT2D eigenvalue weighted by atomic mass is 32.1. The average Bonchev–Trinajstić information content (AvgIpc) is 3.16. The molecule has 0 aliphatic carbocycles. The van der Waals surface area contributed by atoms with Crippen LogP contribution in [0.4, 0.5) is 0 Å². The lowest BCUT2D eigenvalue weighted by molar-refractivity contribution is 0.0468. The van der Waals surface area contributed by atoms with Crippen molar-refractivity contribution < 1.29 is 9.53 Å². The molecule has 2 aromatic carbocycles. The normalized spacial score (nSPS) is 10.8. The van der Waals surface area contributed by atoms with Gasteiger partial charge in [-0.05, 0) is 17.2 Å². The third-order valence-electron chi connectivity index (χ3n) is 3.94. The molecule has 0 N–H and O–H groups in total. The number of esters is 1. The molecule has 6 heteroatoms. The van der Waals surface area contributed by atoms with Crippen molar-refractivity contribution in [1.82, 2.24) is 9.38 Å². The standard InChI is InChI=1S/C20H14N2O3S/c23-18-12-15(21-20-22(18)10-11-26-20)13-25-19(24)17-9-5-4-8-16(17)14-6-2-1-3-7-14/h1-12H,13H2. The van der Waals surface area contributed by atoms with Crippen molar-refractivity contribution in [2.75, 3.05) is 0 Å². The van der Waals surface area contributed by atoms with E-state index in [2.05, 4.69) is 4.98 Å². The third-order valence-corrected chi connectivity index (χ3v) is 4.70. The quantitative estimate of drug-likeness (QED) is 0.518. The van der Waals surface area contributed by atoms with Gasteiger partial charge < -0.3 is 4.74 Å². The van der Waals surface area contributed by atoms with Gasteiger partial charge in [0.1, 0.15) is 6.61 Å². The maximum Gasteiger partial charge on any atom is 0.339 e. The minimum atomic E-state index is -0.447. The lowest BCUT2D eigenvalue weighted by Gasteiger charge is -2.09. The number of aromatic nitrogens is 2. The topological polar surface area (TPSA) is 60.7 Å². The number of benzene rings is 2. The number of carbonyl (C=O) groups excluding carboxylic acids is 1. The van der Waals surface area contributed by atoms with Crippen LogP contribution in [-0.4, -0.2) is 15.4 Å². The van der Waals surface area contributed by atoms with Crippen molar-refractivity contribution >= 4 is 22.3 Å². The Bertz CT molecular complexity index is 1130. The highest BCUT2D eigenvalue weighted by molar-refractivity contribution is 7.15.